The van der Waals surface area contributed by atoms with Crippen molar-refractivity contribution in [3.63, 3.8) is 0 Å². The highest BCUT2D eigenvalue weighted by Crippen LogP contribution is 2.27. The van der Waals surface area contributed by atoms with E-state index in [-0.39, 0.29) is 0 Å². The normalized spacial score (nSPS) is 21.6. The zero-order chi connectivity index (χ0) is 13.0. The van der Waals surface area contributed by atoms with E-state index < -0.39 is 17.2 Å². The Morgan fingerprint density at radius 3 is 2.44 bits per heavy atom. The van der Waals surface area contributed by atoms with Crippen molar-refractivity contribution >= 4 is 11.6 Å². The van der Waals surface area contributed by atoms with E-state index in [9.17, 15) is 9.59 Å². The van der Waals surface area contributed by atoms with Crippen LogP contribution in [0.1, 0.15) is 13.3 Å². The van der Waals surface area contributed by atoms with E-state index in [0.29, 0.717) is 12.2 Å². The SMILES string of the molecule is CC(=O)C(=O)C1(Oc2ccccc2)C=CC=CC1. The van der Waals surface area contributed by atoms with Gasteiger partial charge in [-0.1, -0.05) is 36.4 Å². The topological polar surface area (TPSA) is 43.4 Å². The van der Waals surface area contributed by atoms with Crippen molar-refractivity contribution < 1.29 is 14.3 Å². The molecule has 0 radical (unpaired) electrons. The molecule has 0 amide bonds. The molecule has 0 heterocycles. The maximum Gasteiger partial charge on any atom is 0.245 e. The summed E-state index contributed by atoms with van der Waals surface area (Å²) in [5.74, 6) is -0.440. The van der Waals surface area contributed by atoms with Crippen LogP contribution in [-0.4, -0.2) is 17.2 Å². The molecule has 0 bridgehead atoms. The van der Waals surface area contributed by atoms with Crippen molar-refractivity contribution in [1.82, 2.24) is 0 Å². The number of hydrogen-bond donors (Lipinski definition) is 0. The van der Waals surface area contributed by atoms with E-state index in [1.165, 1.54) is 6.92 Å². The lowest BCUT2D eigenvalue weighted by molar-refractivity contribution is -0.143. The predicted octanol–water partition coefficient (Wildman–Crippen LogP) is 2.48. The third-order valence-corrected chi connectivity index (χ3v) is 2.78. The van der Waals surface area contributed by atoms with Crippen molar-refractivity contribution in [2.24, 2.45) is 0 Å². The van der Waals surface area contributed by atoms with Crippen molar-refractivity contribution in [2.45, 2.75) is 18.9 Å². The Kier molecular flexibility index (Phi) is 3.42. The minimum atomic E-state index is -1.19. The second kappa shape index (κ2) is 5.00. The van der Waals surface area contributed by atoms with Crippen molar-refractivity contribution in [3.05, 3.63) is 54.6 Å². The number of ketones is 2. The Bertz CT molecular complexity index is 514. The second-order valence-electron chi connectivity index (χ2n) is 4.18. The van der Waals surface area contributed by atoms with Gasteiger partial charge in [0.05, 0.1) is 0 Å². The van der Waals surface area contributed by atoms with Gasteiger partial charge < -0.3 is 4.74 Å². The fraction of sp³-hybridized carbons (Fsp3) is 0.200. The molecule has 0 N–H and O–H groups in total. The smallest absolute Gasteiger partial charge is 0.245 e. The molecule has 2 rings (SSSR count). The number of ether oxygens (including phenoxy) is 1. The molecule has 1 unspecified atom stereocenters. The monoisotopic (exact) mass is 242 g/mol. The first-order valence-corrected chi connectivity index (χ1v) is 5.78. The largest absolute Gasteiger partial charge is 0.475 e. The van der Waals surface area contributed by atoms with Gasteiger partial charge in [-0.3, -0.25) is 9.59 Å². The number of benzene rings is 1. The molecule has 1 atom stereocenters. The fourth-order valence-corrected chi connectivity index (χ4v) is 1.89. The van der Waals surface area contributed by atoms with Gasteiger partial charge in [-0.15, -0.1) is 0 Å². The summed E-state index contributed by atoms with van der Waals surface area (Å²) < 4.78 is 5.76. The third-order valence-electron chi connectivity index (χ3n) is 2.78. The molecule has 0 saturated carbocycles. The Morgan fingerprint density at radius 2 is 1.89 bits per heavy atom. The first-order chi connectivity index (χ1) is 8.64. The lowest BCUT2D eigenvalue weighted by Gasteiger charge is -2.29. The summed E-state index contributed by atoms with van der Waals surface area (Å²) in [6, 6.07) is 9.04. The van der Waals surface area contributed by atoms with Gasteiger partial charge in [0, 0.05) is 13.3 Å². The van der Waals surface area contributed by atoms with Crippen LogP contribution in [0.15, 0.2) is 54.6 Å². The summed E-state index contributed by atoms with van der Waals surface area (Å²) in [4.78, 5) is 23.4. The van der Waals surface area contributed by atoms with Gasteiger partial charge in [0.2, 0.25) is 5.78 Å². The summed E-state index contributed by atoms with van der Waals surface area (Å²) in [5.41, 5.74) is -1.19. The summed E-state index contributed by atoms with van der Waals surface area (Å²) in [5, 5.41) is 0. The van der Waals surface area contributed by atoms with E-state index in [0.717, 1.165) is 0 Å². The minimum absolute atomic E-state index is 0.372. The van der Waals surface area contributed by atoms with Crippen LogP contribution in [0.2, 0.25) is 0 Å². The van der Waals surface area contributed by atoms with Gasteiger partial charge in [0.25, 0.3) is 0 Å². The van der Waals surface area contributed by atoms with Crippen LogP contribution in [0, 0.1) is 0 Å². The molecule has 1 aliphatic rings. The van der Waals surface area contributed by atoms with Crippen LogP contribution in [0.3, 0.4) is 0 Å². The van der Waals surface area contributed by atoms with Gasteiger partial charge in [-0.2, -0.15) is 0 Å². The molecule has 0 fully saturated rings. The van der Waals surface area contributed by atoms with Crippen LogP contribution in [0.4, 0.5) is 0 Å². The van der Waals surface area contributed by atoms with Crippen LogP contribution in [-0.2, 0) is 9.59 Å². The van der Waals surface area contributed by atoms with E-state index in [4.69, 9.17) is 4.74 Å². The highest BCUT2D eigenvalue weighted by atomic mass is 16.5. The molecule has 3 nitrogen and oxygen atoms in total. The van der Waals surface area contributed by atoms with Crippen molar-refractivity contribution in [3.8, 4) is 5.75 Å². The van der Waals surface area contributed by atoms with E-state index in [1.807, 2.05) is 30.4 Å². The van der Waals surface area contributed by atoms with Gasteiger partial charge in [0.1, 0.15) is 5.75 Å². The average molecular weight is 242 g/mol. The molecule has 1 aromatic rings. The number of carbonyl (C=O) groups is 2. The molecule has 3 heteroatoms. The summed E-state index contributed by atoms with van der Waals surface area (Å²) in [6.45, 7) is 1.27. The molecule has 0 aliphatic heterocycles. The van der Waals surface area contributed by atoms with Crippen LogP contribution < -0.4 is 4.74 Å². The van der Waals surface area contributed by atoms with Crippen LogP contribution >= 0.6 is 0 Å². The maximum atomic E-state index is 12.1. The Balaban J connectivity index is 2.32. The van der Waals surface area contributed by atoms with Crippen LogP contribution in [0.5, 0.6) is 5.75 Å². The van der Waals surface area contributed by atoms with E-state index >= 15 is 0 Å². The van der Waals surface area contributed by atoms with E-state index in [2.05, 4.69) is 0 Å². The molecule has 0 saturated heterocycles. The lowest BCUT2D eigenvalue weighted by Crippen LogP contribution is -2.46. The molecular formula is C15H14O3. The first kappa shape index (κ1) is 12.3. The van der Waals surface area contributed by atoms with Crippen LogP contribution in [0.25, 0.3) is 0 Å². The lowest BCUT2D eigenvalue weighted by atomic mass is 9.88. The highest BCUT2D eigenvalue weighted by molar-refractivity contribution is 6.40. The standard InChI is InChI=1S/C15H14O3/c1-12(16)14(17)15(10-6-3-7-11-15)18-13-8-4-2-5-9-13/h2-10H,11H2,1H3. The average Bonchev–Trinajstić information content (AvgIpc) is 2.40. The number of rotatable bonds is 4. The zero-order valence-corrected chi connectivity index (χ0v) is 10.1. The molecule has 0 spiro atoms. The summed E-state index contributed by atoms with van der Waals surface area (Å²) in [6.07, 6.45) is 7.40. The Morgan fingerprint density at radius 1 is 1.17 bits per heavy atom. The summed E-state index contributed by atoms with van der Waals surface area (Å²) in [7, 11) is 0. The number of allylic oxidation sites excluding steroid dienone is 2. The summed E-state index contributed by atoms with van der Waals surface area (Å²) >= 11 is 0. The second-order valence-corrected chi connectivity index (χ2v) is 4.18. The van der Waals surface area contributed by atoms with Gasteiger partial charge in [0.15, 0.2) is 11.4 Å². The number of Topliss-reactive ketones (excluding diaryl/α,β-unsaturated/α-hetero) is 2. The highest BCUT2D eigenvalue weighted by Gasteiger charge is 2.40. The molecule has 1 aliphatic carbocycles. The first-order valence-electron chi connectivity index (χ1n) is 5.78. The van der Waals surface area contributed by atoms with Gasteiger partial charge in [-0.25, -0.2) is 0 Å². The maximum absolute atomic E-state index is 12.1. The van der Waals surface area contributed by atoms with Gasteiger partial charge in [-0.05, 0) is 18.2 Å². The Labute approximate surface area is 106 Å². The quantitative estimate of drug-likeness (QED) is 0.762. The van der Waals surface area contributed by atoms with Crippen molar-refractivity contribution in [1.29, 1.82) is 0 Å². The molecule has 92 valence electrons. The molecular weight excluding hydrogens is 228 g/mol. The molecule has 18 heavy (non-hydrogen) atoms. The zero-order valence-electron chi connectivity index (χ0n) is 10.1. The Hall–Kier alpha value is -2.16. The number of hydrogen-bond acceptors (Lipinski definition) is 3. The molecule has 0 aromatic heterocycles. The third kappa shape index (κ3) is 2.40. The molecule has 1 aromatic carbocycles. The van der Waals surface area contributed by atoms with E-state index in [1.54, 1.807) is 24.3 Å². The van der Waals surface area contributed by atoms with Crippen molar-refractivity contribution in [2.75, 3.05) is 0 Å². The predicted molar refractivity (Wildman–Crippen MR) is 68.4 cm³/mol. The fourth-order valence-electron chi connectivity index (χ4n) is 1.89. The minimum Gasteiger partial charge on any atom is -0.475 e. The number of para-hydroxylation sites is 1. The number of carbonyl (C=O) groups excluding carboxylic acids is 2. The van der Waals surface area contributed by atoms with Gasteiger partial charge >= 0.3 is 0 Å².